The number of halogens is 1. The summed E-state index contributed by atoms with van der Waals surface area (Å²) in [6.45, 7) is 3.46. The van der Waals surface area contributed by atoms with Crippen molar-refractivity contribution >= 4 is 34.3 Å². The topological polar surface area (TPSA) is 105 Å². The summed E-state index contributed by atoms with van der Waals surface area (Å²) >= 11 is 5.98. The minimum Gasteiger partial charge on any atom is -0.459 e. The lowest BCUT2D eigenvalue weighted by molar-refractivity contribution is 0.0933. The second kappa shape index (κ2) is 5.99. The van der Waals surface area contributed by atoms with Gasteiger partial charge in [0.05, 0.1) is 6.04 Å². The fourth-order valence-corrected chi connectivity index (χ4v) is 2.89. The molecule has 8 nitrogen and oxygen atoms in total. The molecule has 3 aromatic heterocycles. The highest BCUT2D eigenvalue weighted by atomic mass is 35.5. The van der Waals surface area contributed by atoms with Gasteiger partial charge in [-0.25, -0.2) is 4.98 Å². The number of hydrogen-bond acceptors (Lipinski definition) is 5. The molecule has 4 rings (SSSR count). The second-order valence-corrected chi connectivity index (χ2v) is 6.38. The smallest absolute Gasteiger partial charge is 0.286 e. The van der Waals surface area contributed by atoms with Crippen molar-refractivity contribution in [3.8, 4) is 0 Å². The van der Waals surface area contributed by atoms with Crippen molar-refractivity contribution in [2.75, 3.05) is 0 Å². The molecular formula is C17H14ClN5O3. The van der Waals surface area contributed by atoms with E-state index in [1.165, 1.54) is 6.20 Å². The number of nitrogens with one attached hydrogen (secondary N) is 2. The number of amides is 1. The Bertz CT molecular complexity index is 1210. The molecule has 132 valence electrons. The standard InChI is InChI=1S/C17H14ClN5O3/c1-8(14-6-10-5-11(18)3-4-13(10)26-14)20-15(24)12-7-19-17-21-9(2)22-23(17)16(12)25/h3-8H,1-2H3,(H,20,24)(H,19,21,22)/t8-/m0/s1. The summed E-state index contributed by atoms with van der Waals surface area (Å²) < 4.78 is 6.87. The minimum atomic E-state index is -0.546. The van der Waals surface area contributed by atoms with E-state index in [0.717, 1.165) is 9.90 Å². The van der Waals surface area contributed by atoms with E-state index in [2.05, 4.69) is 20.4 Å². The lowest BCUT2D eigenvalue weighted by Gasteiger charge is -2.10. The molecule has 0 saturated carbocycles. The molecule has 1 aromatic carbocycles. The number of H-pyrrole nitrogens is 1. The van der Waals surface area contributed by atoms with Crippen LogP contribution in [0.15, 0.2) is 39.7 Å². The first-order chi connectivity index (χ1) is 12.4. The third kappa shape index (κ3) is 2.74. The summed E-state index contributed by atoms with van der Waals surface area (Å²) in [6, 6.07) is 6.63. The molecule has 0 aliphatic rings. The average molecular weight is 372 g/mol. The van der Waals surface area contributed by atoms with E-state index in [1.54, 1.807) is 38.1 Å². The quantitative estimate of drug-likeness (QED) is 0.576. The Kier molecular flexibility index (Phi) is 3.77. The van der Waals surface area contributed by atoms with E-state index in [4.69, 9.17) is 16.0 Å². The molecule has 26 heavy (non-hydrogen) atoms. The molecule has 0 radical (unpaired) electrons. The maximum Gasteiger partial charge on any atom is 0.286 e. The van der Waals surface area contributed by atoms with Crippen LogP contribution in [0.1, 0.15) is 34.9 Å². The van der Waals surface area contributed by atoms with Gasteiger partial charge in [0.15, 0.2) is 0 Å². The Morgan fingerprint density at radius 2 is 2.19 bits per heavy atom. The summed E-state index contributed by atoms with van der Waals surface area (Å²) in [5.74, 6) is 0.755. The molecule has 2 N–H and O–H groups in total. The van der Waals surface area contributed by atoms with Crippen LogP contribution in [0.2, 0.25) is 5.02 Å². The van der Waals surface area contributed by atoms with E-state index in [9.17, 15) is 9.59 Å². The monoisotopic (exact) mass is 371 g/mol. The summed E-state index contributed by atoms with van der Waals surface area (Å²) in [6.07, 6.45) is 1.22. The van der Waals surface area contributed by atoms with Crippen LogP contribution in [0, 0.1) is 6.92 Å². The van der Waals surface area contributed by atoms with Crippen LogP contribution in [-0.4, -0.2) is 25.5 Å². The summed E-state index contributed by atoms with van der Waals surface area (Å²) in [5.41, 5.74) is 0.0652. The van der Waals surface area contributed by atoms with Gasteiger partial charge in [0.2, 0.25) is 0 Å². The maximum absolute atomic E-state index is 12.5. The minimum absolute atomic E-state index is 0.0860. The van der Waals surface area contributed by atoms with Crippen molar-refractivity contribution < 1.29 is 9.21 Å². The van der Waals surface area contributed by atoms with Gasteiger partial charge in [-0.05, 0) is 38.1 Å². The van der Waals surface area contributed by atoms with Crippen molar-refractivity contribution in [1.82, 2.24) is 24.9 Å². The van der Waals surface area contributed by atoms with Crippen LogP contribution in [0.4, 0.5) is 0 Å². The molecule has 0 fully saturated rings. The normalized spacial score (nSPS) is 12.6. The van der Waals surface area contributed by atoms with Crippen LogP contribution in [0.5, 0.6) is 0 Å². The highest BCUT2D eigenvalue weighted by Crippen LogP contribution is 2.26. The van der Waals surface area contributed by atoms with E-state index < -0.39 is 17.5 Å². The zero-order valence-corrected chi connectivity index (χ0v) is 14.7. The average Bonchev–Trinajstić information content (AvgIpc) is 3.17. The predicted octanol–water partition coefficient (Wildman–Crippen LogP) is 2.62. The number of fused-ring (bicyclic) bond motifs is 2. The van der Waals surface area contributed by atoms with E-state index in [1.807, 2.05) is 0 Å². The Hall–Kier alpha value is -3.13. The van der Waals surface area contributed by atoms with E-state index in [-0.39, 0.29) is 11.3 Å². The van der Waals surface area contributed by atoms with Crippen molar-refractivity contribution in [3.63, 3.8) is 0 Å². The highest BCUT2D eigenvalue weighted by Gasteiger charge is 2.19. The van der Waals surface area contributed by atoms with Crippen molar-refractivity contribution in [2.24, 2.45) is 0 Å². The number of benzene rings is 1. The SMILES string of the molecule is Cc1nc2ncc(C(=O)N[C@@H](C)c3cc4cc(Cl)ccc4o3)c(=O)n2[nH]1. The summed E-state index contributed by atoms with van der Waals surface area (Å²) in [5, 5.41) is 6.94. The molecule has 0 spiro atoms. The molecule has 0 aliphatic carbocycles. The fraction of sp³-hybridized carbons (Fsp3) is 0.176. The first kappa shape index (κ1) is 16.3. The van der Waals surface area contributed by atoms with Gasteiger partial charge in [0.1, 0.15) is 22.7 Å². The van der Waals surface area contributed by atoms with Crippen LogP contribution < -0.4 is 10.9 Å². The number of hydrogen-bond donors (Lipinski definition) is 2. The van der Waals surface area contributed by atoms with Crippen molar-refractivity contribution in [2.45, 2.75) is 19.9 Å². The summed E-state index contributed by atoms with van der Waals surface area (Å²) in [4.78, 5) is 33.0. The largest absolute Gasteiger partial charge is 0.459 e. The second-order valence-electron chi connectivity index (χ2n) is 5.95. The first-order valence-corrected chi connectivity index (χ1v) is 8.24. The number of aromatic nitrogens is 4. The molecule has 0 unspecified atom stereocenters. The van der Waals surface area contributed by atoms with Gasteiger partial charge in [-0.2, -0.15) is 9.50 Å². The van der Waals surface area contributed by atoms with Gasteiger partial charge in [0, 0.05) is 16.6 Å². The molecular weight excluding hydrogens is 358 g/mol. The third-order valence-corrected chi connectivity index (χ3v) is 4.24. The van der Waals surface area contributed by atoms with Crippen LogP contribution >= 0.6 is 11.6 Å². The van der Waals surface area contributed by atoms with Crippen molar-refractivity contribution in [1.29, 1.82) is 0 Å². The zero-order valence-electron chi connectivity index (χ0n) is 13.9. The van der Waals surface area contributed by atoms with E-state index >= 15 is 0 Å². The third-order valence-electron chi connectivity index (χ3n) is 4.00. The Morgan fingerprint density at radius 3 is 3.00 bits per heavy atom. The molecule has 1 atom stereocenters. The lowest BCUT2D eigenvalue weighted by atomic mass is 10.2. The number of carbonyl (C=O) groups excluding carboxylic acids is 1. The Labute approximate surface area is 151 Å². The van der Waals surface area contributed by atoms with Gasteiger partial charge in [-0.1, -0.05) is 11.6 Å². The number of furan rings is 1. The van der Waals surface area contributed by atoms with Gasteiger partial charge in [0.25, 0.3) is 17.2 Å². The molecule has 1 amide bonds. The van der Waals surface area contributed by atoms with Crippen LogP contribution in [0.3, 0.4) is 0 Å². The number of aromatic amines is 1. The number of aryl methyl sites for hydroxylation is 1. The van der Waals surface area contributed by atoms with Crippen molar-refractivity contribution in [3.05, 3.63) is 63.0 Å². The van der Waals surface area contributed by atoms with Gasteiger partial charge in [-0.3, -0.25) is 14.7 Å². The van der Waals surface area contributed by atoms with Crippen LogP contribution in [-0.2, 0) is 0 Å². The number of carbonyl (C=O) groups is 1. The first-order valence-electron chi connectivity index (χ1n) is 7.86. The van der Waals surface area contributed by atoms with Crippen LogP contribution in [0.25, 0.3) is 16.7 Å². The molecule has 3 heterocycles. The molecule has 0 bridgehead atoms. The predicted molar refractivity (Wildman–Crippen MR) is 95.4 cm³/mol. The van der Waals surface area contributed by atoms with E-state index in [0.29, 0.717) is 22.2 Å². The highest BCUT2D eigenvalue weighted by molar-refractivity contribution is 6.31. The number of rotatable bonds is 3. The van der Waals surface area contributed by atoms with Gasteiger partial charge < -0.3 is 9.73 Å². The molecule has 0 aliphatic heterocycles. The number of nitrogens with zero attached hydrogens (tertiary/aromatic N) is 3. The Balaban J connectivity index is 1.62. The molecule has 0 saturated heterocycles. The Morgan fingerprint density at radius 1 is 1.38 bits per heavy atom. The van der Waals surface area contributed by atoms with Gasteiger partial charge in [-0.15, -0.1) is 0 Å². The lowest BCUT2D eigenvalue weighted by Crippen LogP contribution is -2.33. The summed E-state index contributed by atoms with van der Waals surface area (Å²) in [7, 11) is 0. The maximum atomic E-state index is 12.5. The zero-order chi connectivity index (χ0) is 18.4. The molecule has 9 heteroatoms. The van der Waals surface area contributed by atoms with Gasteiger partial charge >= 0.3 is 0 Å². The fourth-order valence-electron chi connectivity index (χ4n) is 2.71. The molecule has 4 aromatic rings.